The number of thioether (sulfide) groups is 1. The fourth-order valence-corrected chi connectivity index (χ4v) is 4.21. The van der Waals surface area contributed by atoms with Gasteiger partial charge in [-0.2, -0.15) is 0 Å². The minimum absolute atomic E-state index is 0.148. The van der Waals surface area contributed by atoms with Gasteiger partial charge in [0.2, 0.25) is 0 Å². The van der Waals surface area contributed by atoms with Crippen molar-refractivity contribution < 1.29 is 14.3 Å². The number of ether oxygens (including phenoxy) is 2. The number of carbonyl (C=O) groups is 1. The van der Waals surface area contributed by atoms with E-state index in [4.69, 9.17) is 33.3 Å². The maximum Gasteiger partial charge on any atom is 0.266 e. The first-order valence-electron chi connectivity index (χ1n) is 8.87. The molecule has 2 aromatic rings. The molecular formula is C21H19ClN2O3S2. The third kappa shape index (κ3) is 5.18. The average Bonchev–Trinajstić information content (AvgIpc) is 2.96. The normalized spacial score (nSPS) is 15.1. The van der Waals surface area contributed by atoms with Crippen LogP contribution in [0.15, 0.2) is 54.2 Å². The van der Waals surface area contributed by atoms with Crippen LogP contribution in [0.2, 0.25) is 5.02 Å². The van der Waals surface area contributed by atoms with Gasteiger partial charge in [0.05, 0.1) is 23.1 Å². The van der Waals surface area contributed by atoms with Gasteiger partial charge in [-0.15, -0.1) is 0 Å². The minimum atomic E-state index is -0.148. The molecule has 3 rings (SSSR count). The van der Waals surface area contributed by atoms with Crippen molar-refractivity contribution in [2.24, 2.45) is 0 Å². The number of hydrogen-bond donors (Lipinski definition) is 0. The van der Waals surface area contributed by atoms with Crippen LogP contribution in [0.3, 0.4) is 0 Å². The Balaban J connectivity index is 1.86. The summed E-state index contributed by atoms with van der Waals surface area (Å²) < 4.78 is 11.8. The first-order valence-corrected chi connectivity index (χ1v) is 10.5. The molecule has 0 spiro atoms. The van der Waals surface area contributed by atoms with Crippen LogP contribution in [0.4, 0.5) is 0 Å². The topological polar surface area (TPSA) is 51.7 Å². The lowest BCUT2D eigenvalue weighted by Gasteiger charge is -2.14. The maximum absolute atomic E-state index is 12.9. The van der Waals surface area contributed by atoms with Crippen molar-refractivity contribution in [3.8, 4) is 11.5 Å². The van der Waals surface area contributed by atoms with E-state index in [1.165, 1.54) is 11.8 Å². The highest BCUT2D eigenvalue weighted by Gasteiger charge is 2.32. The molecule has 150 valence electrons. The van der Waals surface area contributed by atoms with Gasteiger partial charge in [0.1, 0.15) is 10.9 Å². The molecule has 1 aromatic carbocycles. The summed E-state index contributed by atoms with van der Waals surface area (Å²) in [4.78, 5) is 19.0. The van der Waals surface area contributed by atoms with E-state index in [0.717, 1.165) is 11.1 Å². The maximum atomic E-state index is 12.9. The third-order valence-electron chi connectivity index (χ3n) is 3.91. The molecule has 1 aromatic heterocycles. The van der Waals surface area contributed by atoms with Crippen molar-refractivity contribution in [2.75, 3.05) is 13.2 Å². The van der Waals surface area contributed by atoms with Gasteiger partial charge in [-0.25, -0.2) is 0 Å². The molecule has 0 bridgehead atoms. The molecular weight excluding hydrogens is 428 g/mol. The van der Waals surface area contributed by atoms with E-state index in [9.17, 15) is 4.79 Å². The van der Waals surface area contributed by atoms with Gasteiger partial charge < -0.3 is 9.47 Å². The Bertz CT molecular complexity index is 964. The Kier molecular flexibility index (Phi) is 7.30. The summed E-state index contributed by atoms with van der Waals surface area (Å²) in [7, 11) is 0. The van der Waals surface area contributed by atoms with Crippen molar-refractivity contribution >= 4 is 51.9 Å². The molecule has 1 aliphatic rings. The van der Waals surface area contributed by atoms with Crippen LogP contribution in [0.5, 0.6) is 11.5 Å². The molecule has 0 N–H and O–H groups in total. The van der Waals surface area contributed by atoms with Gasteiger partial charge in [-0.05, 0) is 42.3 Å². The fourth-order valence-electron chi connectivity index (χ4n) is 2.68. The number of amides is 1. The predicted octanol–water partition coefficient (Wildman–Crippen LogP) is 5.10. The van der Waals surface area contributed by atoms with E-state index >= 15 is 0 Å². The lowest BCUT2D eigenvalue weighted by molar-refractivity contribution is -0.122. The van der Waals surface area contributed by atoms with E-state index < -0.39 is 0 Å². The molecule has 0 unspecified atom stereocenters. The molecule has 2 heterocycles. The molecule has 1 aliphatic heterocycles. The Morgan fingerprint density at radius 3 is 2.90 bits per heavy atom. The third-order valence-corrected chi connectivity index (χ3v) is 5.57. The Morgan fingerprint density at radius 1 is 1.38 bits per heavy atom. The molecule has 8 heteroatoms. The second kappa shape index (κ2) is 9.91. The van der Waals surface area contributed by atoms with Gasteiger partial charge in [0.15, 0.2) is 11.5 Å². The smallest absolute Gasteiger partial charge is 0.266 e. The number of aromatic nitrogens is 1. The van der Waals surface area contributed by atoms with Crippen LogP contribution in [-0.4, -0.2) is 33.3 Å². The zero-order chi connectivity index (χ0) is 20.8. The second-order valence-electron chi connectivity index (χ2n) is 5.99. The van der Waals surface area contributed by atoms with Crippen LogP contribution in [0, 0.1) is 0 Å². The summed E-state index contributed by atoms with van der Waals surface area (Å²) in [6.45, 7) is 6.67. The van der Waals surface area contributed by atoms with Gasteiger partial charge >= 0.3 is 0 Å². The number of carbonyl (C=O) groups excluding carboxylic acids is 1. The van der Waals surface area contributed by atoms with Gasteiger partial charge in [0, 0.05) is 12.4 Å². The number of halogens is 1. The van der Waals surface area contributed by atoms with Crippen molar-refractivity contribution in [1.82, 2.24) is 9.88 Å². The standard InChI is InChI=1S/C21H19ClN2O3S2/c1-3-8-27-19-16(22)9-15(10-17(19)26-4-2)11-18-20(25)24(21(28)29-18)13-14-6-5-7-23-12-14/h3,5-7,9-12H,1,4,8,13H2,2H3/b18-11-. The molecule has 0 aliphatic carbocycles. The quantitative estimate of drug-likeness (QED) is 0.319. The number of thiocarbonyl (C=S) groups is 1. The summed E-state index contributed by atoms with van der Waals surface area (Å²) in [5.74, 6) is 0.818. The lowest BCUT2D eigenvalue weighted by atomic mass is 10.1. The summed E-state index contributed by atoms with van der Waals surface area (Å²) in [6.07, 6.45) is 6.80. The van der Waals surface area contributed by atoms with Crippen LogP contribution >= 0.6 is 35.6 Å². The Labute approximate surface area is 184 Å². The number of rotatable bonds is 8. The van der Waals surface area contributed by atoms with Gasteiger partial charge in [0.25, 0.3) is 5.91 Å². The monoisotopic (exact) mass is 446 g/mol. The summed E-state index contributed by atoms with van der Waals surface area (Å²) in [5, 5.41) is 0.398. The largest absolute Gasteiger partial charge is 0.490 e. The summed E-state index contributed by atoms with van der Waals surface area (Å²) >= 11 is 13.0. The minimum Gasteiger partial charge on any atom is -0.490 e. The van der Waals surface area contributed by atoms with Gasteiger partial charge in [-0.3, -0.25) is 14.7 Å². The first kappa shape index (κ1) is 21.4. The highest BCUT2D eigenvalue weighted by molar-refractivity contribution is 8.26. The van der Waals surface area contributed by atoms with Crippen LogP contribution in [-0.2, 0) is 11.3 Å². The molecule has 0 atom stereocenters. The van der Waals surface area contributed by atoms with Crippen molar-refractivity contribution in [3.63, 3.8) is 0 Å². The van der Waals surface area contributed by atoms with E-state index in [-0.39, 0.29) is 5.91 Å². The Hall–Kier alpha value is -2.35. The van der Waals surface area contributed by atoms with E-state index in [2.05, 4.69) is 11.6 Å². The van der Waals surface area contributed by atoms with Crippen LogP contribution < -0.4 is 9.47 Å². The number of pyridine rings is 1. The van der Waals surface area contributed by atoms with E-state index in [1.54, 1.807) is 41.6 Å². The summed E-state index contributed by atoms with van der Waals surface area (Å²) in [6, 6.07) is 7.26. The van der Waals surface area contributed by atoms with Gasteiger partial charge in [-0.1, -0.05) is 54.3 Å². The van der Waals surface area contributed by atoms with E-state index in [1.807, 2.05) is 19.1 Å². The molecule has 1 fully saturated rings. The first-order chi connectivity index (χ1) is 14.0. The Morgan fingerprint density at radius 2 is 2.21 bits per heavy atom. The highest BCUT2D eigenvalue weighted by atomic mass is 35.5. The molecule has 5 nitrogen and oxygen atoms in total. The molecule has 0 saturated carbocycles. The highest BCUT2D eigenvalue weighted by Crippen LogP contribution is 2.39. The fraction of sp³-hybridized carbons (Fsp3) is 0.190. The zero-order valence-corrected chi connectivity index (χ0v) is 18.1. The summed E-state index contributed by atoms with van der Waals surface area (Å²) in [5.41, 5.74) is 1.64. The van der Waals surface area contributed by atoms with Crippen LogP contribution in [0.1, 0.15) is 18.1 Å². The van der Waals surface area contributed by atoms with E-state index in [0.29, 0.717) is 45.5 Å². The van der Waals surface area contributed by atoms with Crippen LogP contribution in [0.25, 0.3) is 6.08 Å². The molecule has 1 saturated heterocycles. The van der Waals surface area contributed by atoms with Crippen molar-refractivity contribution in [1.29, 1.82) is 0 Å². The molecule has 1 amide bonds. The number of hydrogen-bond acceptors (Lipinski definition) is 6. The lowest BCUT2D eigenvalue weighted by Crippen LogP contribution is -2.27. The molecule has 29 heavy (non-hydrogen) atoms. The van der Waals surface area contributed by atoms with Crippen molar-refractivity contribution in [2.45, 2.75) is 13.5 Å². The average molecular weight is 447 g/mol. The molecule has 0 radical (unpaired) electrons. The SMILES string of the molecule is C=CCOc1c(Cl)cc(/C=C2\SC(=S)N(Cc3cccnc3)C2=O)cc1OCC. The number of nitrogens with zero attached hydrogens (tertiary/aromatic N) is 2. The second-order valence-corrected chi connectivity index (χ2v) is 8.07. The zero-order valence-electron chi connectivity index (χ0n) is 15.8. The predicted molar refractivity (Wildman–Crippen MR) is 121 cm³/mol. The number of benzene rings is 1. The van der Waals surface area contributed by atoms with Crippen molar-refractivity contribution in [3.05, 3.63) is 70.4 Å².